The predicted octanol–water partition coefficient (Wildman–Crippen LogP) is 1.15. The molecule has 0 N–H and O–H groups in total. The van der Waals surface area contributed by atoms with E-state index in [1.165, 1.54) is 0 Å². The fourth-order valence-corrected chi connectivity index (χ4v) is 1.13. The molecule has 5 heteroatoms. The van der Waals surface area contributed by atoms with Crippen molar-refractivity contribution >= 4 is 11.9 Å². The minimum absolute atomic E-state index is 0.127. The summed E-state index contributed by atoms with van der Waals surface area (Å²) < 4.78 is 15.2. The topological polar surface area (TPSA) is 65.1 Å². The van der Waals surface area contributed by atoms with Gasteiger partial charge < -0.3 is 14.2 Å². The second-order valence-electron chi connectivity index (χ2n) is 4.78. The van der Waals surface area contributed by atoms with Crippen molar-refractivity contribution in [3.63, 3.8) is 0 Å². The number of carbonyl (C=O) groups is 2. The molecule has 0 spiro atoms. The van der Waals surface area contributed by atoms with Crippen LogP contribution in [0, 0.1) is 11.8 Å². The van der Waals surface area contributed by atoms with Crippen LogP contribution in [0.2, 0.25) is 0 Å². The van der Waals surface area contributed by atoms with Crippen LogP contribution in [-0.2, 0) is 23.8 Å². The third-order valence-corrected chi connectivity index (χ3v) is 2.41. The molecule has 0 amide bonds. The van der Waals surface area contributed by atoms with E-state index in [9.17, 15) is 9.59 Å². The molecule has 0 aromatic carbocycles. The van der Waals surface area contributed by atoms with Crippen LogP contribution in [0.5, 0.6) is 0 Å². The zero-order valence-corrected chi connectivity index (χ0v) is 10.8. The van der Waals surface area contributed by atoms with Crippen LogP contribution in [-0.4, -0.2) is 37.4 Å². The SMILES string of the molecule is CC(C)C(=O)OC[C@@H]1O[C@@H]1COC(=O)C(C)C. The third-order valence-electron chi connectivity index (χ3n) is 2.41. The maximum Gasteiger partial charge on any atom is 0.308 e. The van der Waals surface area contributed by atoms with Gasteiger partial charge in [0.2, 0.25) is 0 Å². The van der Waals surface area contributed by atoms with Gasteiger partial charge in [0.25, 0.3) is 0 Å². The molecule has 0 radical (unpaired) electrons. The van der Waals surface area contributed by atoms with Crippen molar-refractivity contribution in [1.29, 1.82) is 0 Å². The molecule has 5 nitrogen and oxygen atoms in total. The molecule has 1 saturated heterocycles. The smallest absolute Gasteiger partial charge is 0.308 e. The number of hydrogen-bond donors (Lipinski definition) is 0. The second-order valence-corrected chi connectivity index (χ2v) is 4.78. The van der Waals surface area contributed by atoms with E-state index >= 15 is 0 Å². The van der Waals surface area contributed by atoms with Gasteiger partial charge in [-0.1, -0.05) is 27.7 Å². The number of rotatable bonds is 6. The maximum absolute atomic E-state index is 11.2. The average molecular weight is 244 g/mol. The van der Waals surface area contributed by atoms with Crippen molar-refractivity contribution in [2.75, 3.05) is 13.2 Å². The average Bonchev–Trinajstić information content (AvgIpc) is 3.00. The normalized spacial score (nSPS) is 22.7. The number of ether oxygens (including phenoxy) is 3. The Morgan fingerprint density at radius 1 is 0.941 bits per heavy atom. The molecule has 0 saturated carbocycles. The molecule has 1 aliphatic rings. The van der Waals surface area contributed by atoms with Crippen LogP contribution in [0.3, 0.4) is 0 Å². The molecule has 1 fully saturated rings. The first-order chi connectivity index (χ1) is 7.91. The number of epoxide rings is 1. The van der Waals surface area contributed by atoms with Crippen molar-refractivity contribution in [2.45, 2.75) is 39.9 Å². The number of carbonyl (C=O) groups excluding carboxylic acids is 2. The van der Waals surface area contributed by atoms with Crippen molar-refractivity contribution in [2.24, 2.45) is 11.8 Å². The Morgan fingerprint density at radius 2 is 1.29 bits per heavy atom. The monoisotopic (exact) mass is 244 g/mol. The lowest BCUT2D eigenvalue weighted by atomic mass is 10.2. The minimum atomic E-state index is -0.238. The van der Waals surface area contributed by atoms with E-state index in [0.29, 0.717) is 0 Å². The second kappa shape index (κ2) is 6.00. The van der Waals surface area contributed by atoms with Crippen molar-refractivity contribution in [3.8, 4) is 0 Å². The number of esters is 2. The minimum Gasteiger partial charge on any atom is -0.463 e. The Hall–Kier alpha value is -1.10. The first-order valence-electron chi connectivity index (χ1n) is 5.90. The van der Waals surface area contributed by atoms with Gasteiger partial charge in [0.15, 0.2) is 0 Å². The van der Waals surface area contributed by atoms with Crippen molar-refractivity contribution in [1.82, 2.24) is 0 Å². The summed E-state index contributed by atoms with van der Waals surface area (Å²) in [5.41, 5.74) is 0. The van der Waals surface area contributed by atoms with Gasteiger partial charge >= 0.3 is 11.9 Å². The lowest BCUT2D eigenvalue weighted by Crippen LogP contribution is -2.19. The molecule has 1 heterocycles. The first kappa shape index (κ1) is 14.0. The van der Waals surface area contributed by atoms with Gasteiger partial charge in [0.05, 0.1) is 11.8 Å². The first-order valence-corrected chi connectivity index (χ1v) is 5.90. The van der Waals surface area contributed by atoms with Crippen LogP contribution in [0.4, 0.5) is 0 Å². The van der Waals surface area contributed by atoms with Gasteiger partial charge in [0.1, 0.15) is 25.4 Å². The Balaban J connectivity index is 2.09. The largest absolute Gasteiger partial charge is 0.463 e. The van der Waals surface area contributed by atoms with Crippen LogP contribution in [0.25, 0.3) is 0 Å². The number of hydrogen-bond acceptors (Lipinski definition) is 5. The summed E-state index contributed by atoms with van der Waals surface area (Å²) in [6.45, 7) is 7.58. The van der Waals surface area contributed by atoms with E-state index in [0.717, 1.165) is 0 Å². The molecule has 17 heavy (non-hydrogen) atoms. The quantitative estimate of drug-likeness (QED) is 0.518. The summed E-state index contributed by atoms with van der Waals surface area (Å²) in [7, 11) is 0. The summed E-state index contributed by atoms with van der Waals surface area (Å²) in [4.78, 5) is 22.3. The lowest BCUT2D eigenvalue weighted by Gasteiger charge is -2.06. The molecule has 0 bridgehead atoms. The summed E-state index contributed by atoms with van der Waals surface area (Å²) in [6.07, 6.45) is -0.254. The highest BCUT2D eigenvalue weighted by Crippen LogP contribution is 2.23. The highest BCUT2D eigenvalue weighted by molar-refractivity contribution is 5.72. The maximum atomic E-state index is 11.2. The molecule has 0 unspecified atom stereocenters. The molecule has 98 valence electrons. The summed E-state index contributed by atoms with van der Waals surface area (Å²) >= 11 is 0. The Morgan fingerprint density at radius 3 is 1.59 bits per heavy atom. The fourth-order valence-electron chi connectivity index (χ4n) is 1.13. The van der Waals surface area contributed by atoms with Gasteiger partial charge in [0, 0.05) is 0 Å². The highest BCUT2D eigenvalue weighted by atomic mass is 16.6. The van der Waals surface area contributed by atoms with Crippen molar-refractivity contribution in [3.05, 3.63) is 0 Å². The lowest BCUT2D eigenvalue weighted by molar-refractivity contribution is -0.149. The predicted molar refractivity (Wildman–Crippen MR) is 60.3 cm³/mol. The molecule has 0 aliphatic carbocycles. The summed E-state index contributed by atoms with van der Waals surface area (Å²) in [6, 6.07) is 0. The Kier molecular flexibility index (Phi) is 4.93. The molecule has 1 aliphatic heterocycles. The Bertz CT molecular complexity index is 257. The zero-order chi connectivity index (χ0) is 13.0. The van der Waals surface area contributed by atoms with Crippen LogP contribution in [0.1, 0.15) is 27.7 Å². The van der Waals surface area contributed by atoms with Crippen LogP contribution in [0.15, 0.2) is 0 Å². The van der Waals surface area contributed by atoms with E-state index in [4.69, 9.17) is 14.2 Å². The molecule has 1 rings (SSSR count). The Labute approximate surface area is 101 Å². The molecular weight excluding hydrogens is 224 g/mol. The molecule has 0 aromatic heterocycles. The van der Waals surface area contributed by atoms with Crippen LogP contribution < -0.4 is 0 Å². The molecule has 2 atom stereocenters. The highest BCUT2D eigenvalue weighted by Gasteiger charge is 2.41. The van der Waals surface area contributed by atoms with Crippen molar-refractivity contribution < 1.29 is 23.8 Å². The van der Waals surface area contributed by atoms with Gasteiger partial charge in [-0.25, -0.2) is 0 Å². The van der Waals surface area contributed by atoms with Gasteiger partial charge in [-0.3, -0.25) is 9.59 Å². The van der Waals surface area contributed by atoms with Crippen LogP contribution >= 0.6 is 0 Å². The zero-order valence-electron chi connectivity index (χ0n) is 10.8. The van der Waals surface area contributed by atoms with Gasteiger partial charge in [-0.15, -0.1) is 0 Å². The fraction of sp³-hybridized carbons (Fsp3) is 0.833. The standard InChI is InChI=1S/C12H20O5/c1-7(2)11(13)15-5-9-10(17-9)6-16-12(14)8(3)4/h7-10H,5-6H2,1-4H3/t9-,10+. The third kappa shape index (κ3) is 4.73. The summed E-state index contributed by atoms with van der Waals surface area (Å²) in [5, 5.41) is 0. The van der Waals surface area contributed by atoms with Gasteiger partial charge in [-0.05, 0) is 0 Å². The molecule has 0 aromatic rings. The van der Waals surface area contributed by atoms with E-state index in [-0.39, 0.29) is 49.2 Å². The van der Waals surface area contributed by atoms with E-state index in [1.54, 1.807) is 27.7 Å². The van der Waals surface area contributed by atoms with E-state index in [1.807, 2.05) is 0 Å². The van der Waals surface area contributed by atoms with E-state index < -0.39 is 0 Å². The van der Waals surface area contributed by atoms with Gasteiger partial charge in [-0.2, -0.15) is 0 Å². The summed E-state index contributed by atoms with van der Waals surface area (Å²) in [5.74, 6) is -0.742. The van der Waals surface area contributed by atoms with E-state index in [2.05, 4.69) is 0 Å². The molecular formula is C12H20O5.